The van der Waals surface area contributed by atoms with Gasteiger partial charge in [0.1, 0.15) is 28.9 Å². The van der Waals surface area contributed by atoms with Crippen LogP contribution in [0.25, 0.3) is 22.3 Å². The first-order valence-electron chi connectivity index (χ1n) is 7.02. The molecule has 23 heavy (non-hydrogen) atoms. The predicted octanol–water partition coefficient (Wildman–Crippen LogP) is 3.52. The lowest BCUT2D eigenvalue weighted by molar-refractivity contribution is 0.459. The fourth-order valence-electron chi connectivity index (χ4n) is 2.36. The standard InChI is InChI=1S/C17H12N4O2/c22-17-14-15(20-21-16(14)18-10-19-17)11-6-8-13(9-7-11)23-12-4-2-1-3-5-12/h1-10H,(H2,18,19,20,21,22). The molecule has 2 aromatic heterocycles. The number of hydrogen-bond acceptors (Lipinski definition) is 5. The van der Waals surface area contributed by atoms with Crippen molar-refractivity contribution < 1.29 is 9.84 Å². The molecule has 0 atom stereocenters. The highest BCUT2D eigenvalue weighted by atomic mass is 16.5. The van der Waals surface area contributed by atoms with Gasteiger partial charge in [-0.25, -0.2) is 9.97 Å². The number of hydrogen-bond donors (Lipinski definition) is 2. The largest absolute Gasteiger partial charge is 0.493 e. The average molecular weight is 304 g/mol. The Labute approximate surface area is 131 Å². The van der Waals surface area contributed by atoms with E-state index in [0.29, 0.717) is 16.7 Å². The van der Waals surface area contributed by atoms with Crippen molar-refractivity contribution in [1.82, 2.24) is 20.2 Å². The van der Waals surface area contributed by atoms with Gasteiger partial charge in [0, 0.05) is 5.56 Å². The maximum atomic E-state index is 9.92. The summed E-state index contributed by atoms with van der Waals surface area (Å²) in [4.78, 5) is 7.85. The third-order valence-corrected chi connectivity index (χ3v) is 3.44. The van der Waals surface area contributed by atoms with E-state index in [0.717, 1.165) is 17.1 Å². The Morgan fingerprint density at radius 2 is 1.61 bits per heavy atom. The summed E-state index contributed by atoms with van der Waals surface area (Å²) in [6.07, 6.45) is 1.29. The van der Waals surface area contributed by atoms with Gasteiger partial charge in [-0.05, 0) is 36.4 Å². The number of nitrogens with zero attached hydrogens (tertiary/aromatic N) is 3. The topological polar surface area (TPSA) is 83.9 Å². The minimum Gasteiger partial charge on any atom is -0.493 e. The second kappa shape index (κ2) is 5.42. The summed E-state index contributed by atoms with van der Waals surface area (Å²) in [5.41, 5.74) is 1.93. The molecule has 4 aromatic rings. The van der Waals surface area contributed by atoms with Crippen molar-refractivity contribution in [2.45, 2.75) is 0 Å². The van der Waals surface area contributed by atoms with E-state index in [1.807, 2.05) is 54.6 Å². The first kappa shape index (κ1) is 13.3. The maximum absolute atomic E-state index is 9.92. The summed E-state index contributed by atoms with van der Waals surface area (Å²) >= 11 is 0. The molecular formula is C17H12N4O2. The lowest BCUT2D eigenvalue weighted by atomic mass is 10.1. The van der Waals surface area contributed by atoms with Crippen LogP contribution in [-0.4, -0.2) is 25.3 Å². The van der Waals surface area contributed by atoms with E-state index in [1.54, 1.807) is 0 Å². The molecule has 4 rings (SSSR count). The molecule has 0 spiro atoms. The lowest BCUT2D eigenvalue weighted by Gasteiger charge is -2.06. The van der Waals surface area contributed by atoms with Crippen molar-refractivity contribution in [2.75, 3.05) is 0 Å². The highest BCUT2D eigenvalue weighted by molar-refractivity contribution is 5.94. The molecule has 0 radical (unpaired) electrons. The number of fused-ring (bicyclic) bond motifs is 1. The van der Waals surface area contributed by atoms with Gasteiger partial charge in [-0.15, -0.1) is 0 Å². The van der Waals surface area contributed by atoms with Crippen molar-refractivity contribution in [3.05, 3.63) is 60.9 Å². The van der Waals surface area contributed by atoms with Crippen LogP contribution in [0.2, 0.25) is 0 Å². The molecule has 0 aliphatic heterocycles. The van der Waals surface area contributed by atoms with E-state index in [1.165, 1.54) is 6.33 Å². The number of benzene rings is 2. The number of aromatic nitrogens is 4. The van der Waals surface area contributed by atoms with Gasteiger partial charge in [0.15, 0.2) is 5.65 Å². The van der Waals surface area contributed by atoms with Crippen LogP contribution in [0.3, 0.4) is 0 Å². The summed E-state index contributed by atoms with van der Waals surface area (Å²) in [7, 11) is 0. The van der Waals surface area contributed by atoms with Gasteiger partial charge < -0.3 is 9.84 Å². The summed E-state index contributed by atoms with van der Waals surface area (Å²) in [6.45, 7) is 0. The molecule has 2 aromatic carbocycles. The number of H-pyrrole nitrogens is 1. The van der Waals surface area contributed by atoms with Crippen LogP contribution >= 0.6 is 0 Å². The fourth-order valence-corrected chi connectivity index (χ4v) is 2.36. The molecule has 6 heteroatoms. The van der Waals surface area contributed by atoms with Gasteiger partial charge >= 0.3 is 0 Å². The van der Waals surface area contributed by atoms with Gasteiger partial charge in [0.05, 0.1) is 0 Å². The summed E-state index contributed by atoms with van der Waals surface area (Å²) in [5, 5.41) is 17.4. The average Bonchev–Trinajstić information content (AvgIpc) is 3.02. The highest BCUT2D eigenvalue weighted by Gasteiger charge is 2.13. The first-order chi connectivity index (χ1) is 11.3. The van der Waals surface area contributed by atoms with E-state index in [-0.39, 0.29) is 5.88 Å². The summed E-state index contributed by atoms with van der Waals surface area (Å²) < 4.78 is 5.76. The normalized spacial score (nSPS) is 10.8. The molecule has 0 saturated carbocycles. The van der Waals surface area contributed by atoms with Crippen LogP contribution in [0.4, 0.5) is 0 Å². The molecule has 6 nitrogen and oxygen atoms in total. The number of ether oxygens (including phenoxy) is 1. The quantitative estimate of drug-likeness (QED) is 0.605. The van der Waals surface area contributed by atoms with Gasteiger partial charge in [0.2, 0.25) is 5.88 Å². The number of nitrogens with one attached hydrogen (secondary N) is 1. The molecule has 0 aliphatic rings. The molecule has 0 saturated heterocycles. The molecule has 0 amide bonds. The van der Waals surface area contributed by atoms with Crippen molar-refractivity contribution >= 4 is 11.0 Å². The van der Waals surface area contributed by atoms with Crippen molar-refractivity contribution in [3.8, 4) is 28.6 Å². The highest BCUT2D eigenvalue weighted by Crippen LogP contribution is 2.31. The third kappa shape index (κ3) is 2.46. The molecule has 112 valence electrons. The number of aromatic amines is 1. The van der Waals surface area contributed by atoms with E-state index in [9.17, 15) is 5.11 Å². The van der Waals surface area contributed by atoms with Gasteiger partial charge in [0.25, 0.3) is 0 Å². The third-order valence-electron chi connectivity index (χ3n) is 3.44. The number of rotatable bonds is 3. The zero-order valence-electron chi connectivity index (χ0n) is 12.0. The van der Waals surface area contributed by atoms with Crippen LogP contribution < -0.4 is 4.74 Å². The molecule has 2 N–H and O–H groups in total. The second-order valence-corrected chi connectivity index (χ2v) is 4.93. The van der Waals surface area contributed by atoms with Crippen LogP contribution in [0.1, 0.15) is 0 Å². The smallest absolute Gasteiger partial charge is 0.225 e. The lowest BCUT2D eigenvalue weighted by Crippen LogP contribution is -1.85. The minimum absolute atomic E-state index is 0.0941. The number of para-hydroxylation sites is 1. The van der Waals surface area contributed by atoms with Gasteiger partial charge in [-0.1, -0.05) is 18.2 Å². The van der Waals surface area contributed by atoms with E-state index in [4.69, 9.17) is 4.74 Å². The Balaban J connectivity index is 1.67. The summed E-state index contributed by atoms with van der Waals surface area (Å²) in [5.74, 6) is 1.40. The van der Waals surface area contributed by atoms with E-state index in [2.05, 4.69) is 20.2 Å². The SMILES string of the molecule is Oc1ncnc2[nH]nc(-c3ccc(Oc4ccccc4)cc3)c12. The fraction of sp³-hybridized carbons (Fsp3) is 0. The molecule has 0 fully saturated rings. The first-order valence-corrected chi connectivity index (χ1v) is 7.02. The zero-order chi connectivity index (χ0) is 15.6. The Bertz CT molecular complexity index is 949. The monoisotopic (exact) mass is 304 g/mol. The zero-order valence-corrected chi connectivity index (χ0v) is 12.0. The molecule has 2 heterocycles. The summed E-state index contributed by atoms with van der Waals surface area (Å²) in [6, 6.07) is 17.0. The van der Waals surface area contributed by atoms with E-state index < -0.39 is 0 Å². The molecule has 0 unspecified atom stereocenters. The predicted molar refractivity (Wildman–Crippen MR) is 85.3 cm³/mol. The number of aromatic hydroxyl groups is 1. The Morgan fingerprint density at radius 1 is 0.870 bits per heavy atom. The Morgan fingerprint density at radius 3 is 2.39 bits per heavy atom. The van der Waals surface area contributed by atoms with Gasteiger partial charge in [-0.2, -0.15) is 5.10 Å². The van der Waals surface area contributed by atoms with Crippen LogP contribution in [0.5, 0.6) is 17.4 Å². The minimum atomic E-state index is -0.0941. The molecular weight excluding hydrogens is 292 g/mol. The Kier molecular flexibility index (Phi) is 3.12. The van der Waals surface area contributed by atoms with Crippen LogP contribution in [0, 0.1) is 0 Å². The van der Waals surface area contributed by atoms with Crippen LogP contribution in [-0.2, 0) is 0 Å². The maximum Gasteiger partial charge on any atom is 0.225 e. The molecule has 0 bridgehead atoms. The van der Waals surface area contributed by atoms with Crippen molar-refractivity contribution in [3.63, 3.8) is 0 Å². The van der Waals surface area contributed by atoms with Crippen LogP contribution in [0.15, 0.2) is 60.9 Å². The Hall–Kier alpha value is -3.41. The molecule has 0 aliphatic carbocycles. The second-order valence-electron chi connectivity index (χ2n) is 4.93. The van der Waals surface area contributed by atoms with E-state index >= 15 is 0 Å². The van der Waals surface area contributed by atoms with Gasteiger partial charge in [-0.3, -0.25) is 5.10 Å². The van der Waals surface area contributed by atoms with Crippen molar-refractivity contribution in [1.29, 1.82) is 0 Å². The van der Waals surface area contributed by atoms with Crippen molar-refractivity contribution in [2.24, 2.45) is 0 Å².